The van der Waals surface area contributed by atoms with E-state index in [0.717, 1.165) is 0 Å². The summed E-state index contributed by atoms with van der Waals surface area (Å²) in [6.07, 6.45) is 0. The largest absolute Gasteiger partial charge is 0.480 e. The minimum Gasteiger partial charge on any atom is -0.480 e. The van der Waals surface area contributed by atoms with Gasteiger partial charge in [0.25, 0.3) is 0 Å². The second-order valence-electron chi connectivity index (χ2n) is 4.65. The molecule has 0 aromatic rings. The van der Waals surface area contributed by atoms with Crippen LogP contribution in [0.1, 0.15) is 20.8 Å². The molecule has 18 heavy (non-hydrogen) atoms. The molecule has 0 heterocycles. The van der Waals surface area contributed by atoms with Crippen molar-refractivity contribution < 1.29 is 19.5 Å². The van der Waals surface area contributed by atoms with E-state index in [4.69, 9.17) is 10.8 Å². The molecular weight excluding hydrogens is 238 g/mol. The molecule has 0 aromatic heterocycles. The Morgan fingerprint density at radius 1 is 1.28 bits per heavy atom. The maximum Gasteiger partial charge on any atom is 0.327 e. The number of carbonyl (C=O) groups is 3. The van der Waals surface area contributed by atoms with Gasteiger partial charge in [-0.25, -0.2) is 4.79 Å². The van der Waals surface area contributed by atoms with Crippen LogP contribution in [0.25, 0.3) is 0 Å². The molecule has 0 rings (SSSR count). The molecular formula is C11H21N3O4. The van der Waals surface area contributed by atoms with Crippen LogP contribution >= 0.6 is 0 Å². The second-order valence-corrected chi connectivity index (χ2v) is 4.65. The summed E-state index contributed by atoms with van der Waals surface area (Å²) in [7, 11) is 0. The highest BCUT2D eigenvalue weighted by Gasteiger charge is 2.23. The van der Waals surface area contributed by atoms with Crippen LogP contribution < -0.4 is 11.1 Å². The van der Waals surface area contributed by atoms with Crippen molar-refractivity contribution >= 4 is 17.8 Å². The smallest absolute Gasteiger partial charge is 0.327 e. The van der Waals surface area contributed by atoms with Crippen LogP contribution in [-0.2, 0) is 14.4 Å². The van der Waals surface area contributed by atoms with Gasteiger partial charge in [0, 0.05) is 20.0 Å². The zero-order valence-corrected chi connectivity index (χ0v) is 11.0. The normalized spacial score (nSPS) is 12.5. The summed E-state index contributed by atoms with van der Waals surface area (Å²) in [4.78, 5) is 34.4. The number of hydrogen-bond donors (Lipinski definition) is 3. The molecule has 0 bridgehead atoms. The fraction of sp³-hybridized carbons (Fsp3) is 0.727. The number of amides is 2. The minimum atomic E-state index is -1.14. The Kier molecular flexibility index (Phi) is 6.96. The zero-order valence-electron chi connectivity index (χ0n) is 11.0. The monoisotopic (exact) mass is 259 g/mol. The number of hydrogen-bond acceptors (Lipinski definition) is 4. The Labute approximate surface area is 106 Å². The first-order valence-corrected chi connectivity index (χ1v) is 5.73. The third kappa shape index (κ3) is 7.61. The Morgan fingerprint density at radius 2 is 1.83 bits per heavy atom. The highest BCUT2D eigenvalue weighted by molar-refractivity contribution is 5.82. The SMILES string of the molecule is CC(=O)NC(CN(CC(N)=O)CC(C)C)C(=O)O. The molecule has 0 aliphatic rings. The molecule has 1 unspecified atom stereocenters. The van der Waals surface area contributed by atoms with Crippen LogP contribution in [0.3, 0.4) is 0 Å². The fourth-order valence-electron chi connectivity index (χ4n) is 1.63. The highest BCUT2D eigenvalue weighted by atomic mass is 16.4. The van der Waals surface area contributed by atoms with Crippen molar-refractivity contribution in [1.29, 1.82) is 0 Å². The maximum absolute atomic E-state index is 11.0. The van der Waals surface area contributed by atoms with Crippen LogP contribution in [-0.4, -0.2) is 53.5 Å². The number of nitrogens with two attached hydrogens (primary N) is 1. The number of rotatable bonds is 8. The molecule has 4 N–H and O–H groups in total. The molecule has 0 saturated carbocycles. The lowest BCUT2D eigenvalue weighted by Crippen LogP contribution is -2.50. The van der Waals surface area contributed by atoms with Crippen molar-refractivity contribution in [2.75, 3.05) is 19.6 Å². The van der Waals surface area contributed by atoms with Crippen molar-refractivity contribution in [2.45, 2.75) is 26.8 Å². The lowest BCUT2D eigenvalue weighted by atomic mass is 10.2. The number of nitrogens with zero attached hydrogens (tertiary/aromatic N) is 1. The number of aliphatic carboxylic acids is 1. The lowest BCUT2D eigenvalue weighted by Gasteiger charge is -2.26. The van der Waals surface area contributed by atoms with Gasteiger partial charge in [-0.1, -0.05) is 13.8 Å². The van der Waals surface area contributed by atoms with Crippen molar-refractivity contribution in [2.24, 2.45) is 11.7 Å². The summed E-state index contributed by atoms with van der Waals surface area (Å²) in [6, 6.07) is -1.04. The molecule has 0 aliphatic carbocycles. The van der Waals surface area contributed by atoms with Crippen LogP contribution in [0.15, 0.2) is 0 Å². The molecule has 7 nitrogen and oxygen atoms in total. The van der Waals surface area contributed by atoms with E-state index in [2.05, 4.69) is 5.32 Å². The predicted molar refractivity (Wildman–Crippen MR) is 65.7 cm³/mol. The fourth-order valence-corrected chi connectivity index (χ4v) is 1.63. The Morgan fingerprint density at radius 3 is 2.17 bits per heavy atom. The first-order chi connectivity index (χ1) is 8.22. The van der Waals surface area contributed by atoms with E-state index < -0.39 is 23.8 Å². The van der Waals surface area contributed by atoms with Gasteiger partial charge in [0.15, 0.2) is 0 Å². The number of primary amides is 1. The summed E-state index contributed by atoms with van der Waals surface area (Å²) in [5, 5.41) is 11.3. The van der Waals surface area contributed by atoms with Crippen molar-refractivity contribution in [3.05, 3.63) is 0 Å². The summed E-state index contributed by atoms with van der Waals surface area (Å²) in [5.41, 5.74) is 5.11. The molecule has 0 radical (unpaired) electrons. The first kappa shape index (κ1) is 16.4. The topological polar surface area (TPSA) is 113 Å². The molecule has 7 heteroatoms. The van der Waals surface area contributed by atoms with E-state index in [9.17, 15) is 14.4 Å². The summed E-state index contributed by atoms with van der Waals surface area (Å²) < 4.78 is 0. The van der Waals surface area contributed by atoms with Gasteiger partial charge < -0.3 is 16.2 Å². The molecule has 0 aromatic carbocycles. The van der Waals surface area contributed by atoms with E-state index in [1.165, 1.54) is 6.92 Å². The molecule has 0 aliphatic heterocycles. The average molecular weight is 259 g/mol. The first-order valence-electron chi connectivity index (χ1n) is 5.73. The number of carboxylic acid groups (broad SMARTS) is 1. The molecule has 1 atom stereocenters. The standard InChI is InChI=1S/C11H21N3O4/c1-7(2)4-14(6-10(12)16)5-9(11(17)18)13-8(3)15/h7,9H,4-6H2,1-3H3,(H2,12,16)(H,13,15)(H,17,18). The van der Waals surface area contributed by atoms with Crippen LogP contribution in [0.4, 0.5) is 0 Å². The Balaban J connectivity index is 4.62. The number of carboxylic acids is 1. The van der Waals surface area contributed by atoms with Gasteiger partial charge in [-0.15, -0.1) is 0 Å². The van der Waals surface area contributed by atoms with Gasteiger partial charge in [0.05, 0.1) is 6.54 Å². The lowest BCUT2D eigenvalue weighted by molar-refractivity contribution is -0.142. The van der Waals surface area contributed by atoms with Gasteiger partial charge in [-0.3, -0.25) is 14.5 Å². The van der Waals surface area contributed by atoms with E-state index in [0.29, 0.717) is 6.54 Å². The van der Waals surface area contributed by atoms with Crippen molar-refractivity contribution in [1.82, 2.24) is 10.2 Å². The minimum absolute atomic E-state index is 0.0262. The van der Waals surface area contributed by atoms with Gasteiger partial charge >= 0.3 is 5.97 Å². The van der Waals surface area contributed by atoms with Gasteiger partial charge in [-0.2, -0.15) is 0 Å². The quantitative estimate of drug-likeness (QED) is 0.518. The summed E-state index contributed by atoms with van der Waals surface area (Å²) in [5.74, 6) is -1.83. The van der Waals surface area contributed by atoms with E-state index in [1.54, 1.807) is 4.90 Å². The van der Waals surface area contributed by atoms with E-state index in [-0.39, 0.29) is 19.0 Å². The number of nitrogens with one attached hydrogen (secondary N) is 1. The van der Waals surface area contributed by atoms with Gasteiger partial charge in [0.2, 0.25) is 11.8 Å². The Bertz CT molecular complexity index is 317. The maximum atomic E-state index is 11.0. The molecule has 0 spiro atoms. The summed E-state index contributed by atoms with van der Waals surface area (Å²) in [6.45, 7) is 5.70. The average Bonchev–Trinajstić information content (AvgIpc) is 2.13. The molecule has 0 saturated heterocycles. The third-order valence-corrected chi connectivity index (χ3v) is 2.12. The predicted octanol–water partition coefficient (Wildman–Crippen LogP) is -0.981. The zero-order chi connectivity index (χ0) is 14.3. The number of carbonyl (C=O) groups excluding carboxylic acids is 2. The van der Waals surface area contributed by atoms with Crippen LogP contribution in [0.2, 0.25) is 0 Å². The van der Waals surface area contributed by atoms with E-state index >= 15 is 0 Å². The Hall–Kier alpha value is -1.63. The highest BCUT2D eigenvalue weighted by Crippen LogP contribution is 2.00. The van der Waals surface area contributed by atoms with Crippen LogP contribution in [0, 0.1) is 5.92 Å². The van der Waals surface area contributed by atoms with Gasteiger partial charge in [0.1, 0.15) is 6.04 Å². The molecule has 2 amide bonds. The molecule has 104 valence electrons. The third-order valence-electron chi connectivity index (χ3n) is 2.12. The molecule has 0 fully saturated rings. The van der Waals surface area contributed by atoms with Crippen molar-refractivity contribution in [3.63, 3.8) is 0 Å². The second kappa shape index (κ2) is 7.65. The van der Waals surface area contributed by atoms with Crippen molar-refractivity contribution in [3.8, 4) is 0 Å². The van der Waals surface area contributed by atoms with Gasteiger partial charge in [-0.05, 0) is 5.92 Å². The summed E-state index contributed by atoms with van der Waals surface area (Å²) >= 11 is 0. The van der Waals surface area contributed by atoms with Crippen LogP contribution in [0.5, 0.6) is 0 Å². The van der Waals surface area contributed by atoms with E-state index in [1.807, 2.05) is 13.8 Å².